The highest BCUT2D eigenvalue weighted by atomic mass is 19.4. The van der Waals surface area contributed by atoms with Gasteiger partial charge in [0.1, 0.15) is 11.3 Å². The van der Waals surface area contributed by atoms with E-state index in [0.29, 0.717) is 5.39 Å². The van der Waals surface area contributed by atoms with Gasteiger partial charge in [0.05, 0.1) is 11.7 Å². The number of aromatic nitrogens is 4. The molecule has 0 aliphatic rings. The summed E-state index contributed by atoms with van der Waals surface area (Å²) in [5.41, 5.74) is 0.974. The fourth-order valence-corrected chi connectivity index (χ4v) is 2.45. The Hall–Kier alpha value is -2.83. The molecule has 1 N–H and O–H groups in total. The number of H-pyrrole nitrogens is 1. The van der Waals surface area contributed by atoms with Crippen molar-refractivity contribution in [1.29, 1.82) is 0 Å². The second kappa shape index (κ2) is 4.33. The number of hydrogen-bond acceptors (Lipinski definition) is 2. The highest BCUT2D eigenvalue weighted by Gasteiger charge is 2.32. The first-order valence-corrected chi connectivity index (χ1v) is 6.51. The molecule has 22 heavy (non-hydrogen) atoms. The van der Waals surface area contributed by atoms with Crippen LogP contribution in [-0.2, 0) is 6.18 Å². The predicted molar refractivity (Wildman–Crippen MR) is 75.7 cm³/mol. The maximum atomic E-state index is 12.8. The van der Waals surface area contributed by atoms with E-state index >= 15 is 0 Å². The first kappa shape index (κ1) is 12.9. The summed E-state index contributed by atoms with van der Waals surface area (Å²) in [5.74, 6) is 0. The number of rotatable bonds is 1. The number of pyridine rings is 1. The smallest absolute Gasteiger partial charge is 0.301 e. The highest BCUT2D eigenvalue weighted by molar-refractivity contribution is 5.83. The third kappa shape index (κ3) is 1.93. The highest BCUT2D eigenvalue weighted by Crippen LogP contribution is 2.30. The van der Waals surface area contributed by atoms with Crippen LogP contribution in [0.2, 0.25) is 0 Å². The van der Waals surface area contributed by atoms with Gasteiger partial charge in [-0.05, 0) is 36.4 Å². The van der Waals surface area contributed by atoms with Crippen molar-refractivity contribution >= 4 is 21.9 Å². The molecule has 0 amide bonds. The molecule has 0 saturated heterocycles. The molecule has 0 unspecified atom stereocenters. The van der Waals surface area contributed by atoms with Gasteiger partial charge >= 0.3 is 6.18 Å². The summed E-state index contributed by atoms with van der Waals surface area (Å²) in [6.45, 7) is 0. The van der Waals surface area contributed by atoms with Crippen molar-refractivity contribution in [3.63, 3.8) is 0 Å². The minimum atomic E-state index is -4.46. The maximum Gasteiger partial charge on any atom is 0.433 e. The summed E-state index contributed by atoms with van der Waals surface area (Å²) in [6.07, 6.45) is -1.09. The monoisotopic (exact) mass is 302 g/mol. The fraction of sp³-hybridized carbons (Fsp3) is 0.0667. The molecule has 7 heteroatoms. The topological polar surface area (TPSA) is 46.5 Å². The summed E-state index contributed by atoms with van der Waals surface area (Å²) < 4.78 is 40.2. The Morgan fingerprint density at radius 3 is 2.68 bits per heavy atom. The Kier molecular flexibility index (Phi) is 2.53. The summed E-state index contributed by atoms with van der Waals surface area (Å²) in [5, 5.41) is 8.30. The van der Waals surface area contributed by atoms with Gasteiger partial charge in [-0.25, -0.2) is 4.98 Å². The lowest BCUT2D eigenvalue weighted by Crippen LogP contribution is -2.08. The molecule has 110 valence electrons. The minimum Gasteiger partial charge on any atom is -0.301 e. The number of benzene rings is 1. The van der Waals surface area contributed by atoms with E-state index < -0.39 is 11.9 Å². The Morgan fingerprint density at radius 1 is 1.00 bits per heavy atom. The molecule has 0 radical (unpaired) electrons. The van der Waals surface area contributed by atoms with Crippen LogP contribution in [0.25, 0.3) is 27.6 Å². The molecule has 0 spiro atoms. The molecule has 3 heterocycles. The summed E-state index contributed by atoms with van der Waals surface area (Å²) in [7, 11) is 0. The molecule has 0 fully saturated rings. The lowest BCUT2D eigenvalue weighted by atomic mass is 10.2. The SMILES string of the molecule is FC(F)(F)c1ccc2ccn(-c3ccc4[nH]ncc4c3)c2n1. The van der Waals surface area contributed by atoms with Gasteiger partial charge in [-0.1, -0.05) is 0 Å². The molecule has 0 aliphatic carbocycles. The lowest BCUT2D eigenvalue weighted by molar-refractivity contribution is -0.141. The molecule has 3 aromatic heterocycles. The van der Waals surface area contributed by atoms with Crippen LogP contribution in [0.5, 0.6) is 0 Å². The van der Waals surface area contributed by atoms with E-state index in [1.165, 1.54) is 6.07 Å². The van der Waals surface area contributed by atoms with Gasteiger partial charge in [0.25, 0.3) is 0 Å². The second-order valence-electron chi connectivity index (χ2n) is 4.93. The van der Waals surface area contributed by atoms with E-state index in [9.17, 15) is 13.2 Å². The van der Waals surface area contributed by atoms with Crippen molar-refractivity contribution in [2.75, 3.05) is 0 Å². The normalized spacial score (nSPS) is 12.3. The molecular weight excluding hydrogens is 293 g/mol. The van der Waals surface area contributed by atoms with Crippen LogP contribution in [0.1, 0.15) is 5.69 Å². The average molecular weight is 302 g/mol. The second-order valence-corrected chi connectivity index (χ2v) is 4.93. The molecule has 0 saturated carbocycles. The van der Waals surface area contributed by atoms with Gasteiger partial charge in [0.15, 0.2) is 0 Å². The largest absolute Gasteiger partial charge is 0.433 e. The van der Waals surface area contributed by atoms with Gasteiger partial charge in [0, 0.05) is 22.7 Å². The van der Waals surface area contributed by atoms with Crippen molar-refractivity contribution in [2.45, 2.75) is 6.18 Å². The van der Waals surface area contributed by atoms with Gasteiger partial charge in [-0.15, -0.1) is 0 Å². The van der Waals surface area contributed by atoms with Crippen molar-refractivity contribution < 1.29 is 13.2 Å². The van der Waals surface area contributed by atoms with Crippen molar-refractivity contribution in [2.24, 2.45) is 0 Å². The lowest BCUT2D eigenvalue weighted by Gasteiger charge is -2.08. The van der Waals surface area contributed by atoms with Crippen LogP contribution >= 0.6 is 0 Å². The van der Waals surface area contributed by atoms with Gasteiger partial charge in [-0.2, -0.15) is 18.3 Å². The zero-order chi connectivity index (χ0) is 15.3. The molecular formula is C15H9F3N4. The number of nitrogens with one attached hydrogen (secondary N) is 1. The molecule has 4 aromatic rings. The van der Waals surface area contributed by atoms with E-state index in [-0.39, 0.29) is 5.65 Å². The minimum absolute atomic E-state index is 0.276. The molecule has 0 aliphatic heterocycles. The van der Waals surface area contributed by atoms with Crippen molar-refractivity contribution in [1.82, 2.24) is 19.7 Å². The number of fused-ring (bicyclic) bond motifs is 2. The number of alkyl halides is 3. The Balaban J connectivity index is 1.93. The van der Waals surface area contributed by atoms with Crippen molar-refractivity contribution in [3.05, 3.63) is 54.5 Å². The van der Waals surface area contributed by atoms with E-state index in [1.54, 1.807) is 23.0 Å². The molecule has 0 bridgehead atoms. The standard InChI is InChI=1S/C15H9F3N4/c16-15(17,18)13-4-1-9-5-6-22(14(9)20-13)11-2-3-12-10(7-11)8-19-21-12/h1-8H,(H,19,21). The van der Waals surface area contributed by atoms with Gasteiger partial charge in [-0.3, -0.25) is 5.10 Å². The van der Waals surface area contributed by atoms with Crippen LogP contribution < -0.4 is 0 Å². The van der Waals surface area contributed by atoms with E-state index in [2.05, 4.69) is 15.2 Å². The third-order valence-corrected chi connectivity index (χ3v) is 3.53. The number of halogens is 3. The van der Waals surface area contributed by atoms with Crippen LogP contribution in [-0.4, -0.2) is 19.7 Å². The van der Waals surface area contributed by atoms with Crippen LogP contribution in [0.4, 0.5) is 13.2 Å². The van der Waals surface area contributed by atoms with Crippen LogP contribution in [0.3, 0.4) is 0 Å². The Bertz CT molecular complexity index is 981. The summed E-state index contributed by atoms with van der Waals surface area (Å²) in [4.78, 5) is 3.77. The summed E-state index contributed by atoms with van der Waals surface area (Å²) >= 11 is 0. The molecule has 0 atom stereocenters. The van der Waals surface area contributed by atoms with E-state index in [4.69, 9.17) is 0 Å². The number of nitrogens with zero attached hydrogens (tertiary/aromatic N) is 3. The van der Waals surface area contributed by atoms with Gasteiger partial charge < -0.3 is 4.57 Å². The fourth-order valence-electron chi connectivity index (χ4n) is 2.45. The predicted octanol–water partition coefficient (Wildman–Crippen LogP) is 3.92. The van der Waals surface area contributed by atoms with Crippen LogP contribution in [0, 0.1) is 0 Å². The Labute approximate surface area is 122 Å². The summed E-state index contributed by atoms with van der Waals surface area (Å²) in [6, 6.07) is 9.64. The van der Waals surface area contributed by atoms with Crippen molar-refractivity contribution in [3.8, 4) is 5.69 Å². The first-order chi connectivity index (χ1) is 10.5. The zero-order valence-electron chi connectivity index (χ0n) is 11.1. The average Bonchev–Trinajstić information content (AvgIpc) is 3.11. The zero-order valence-corrected chi connectivity index (χ0v) is 11.1. The van der Waals surface area contributed by atoms with E-state index in [0.717, 1.165) is 22.7 Å². The van der Waals surface area contributed by atoms with Crippen LogP contribution in [0.15, 0.2) is 48.8 Å². The molecule has 4 nitrogen and oxygen atoms in total. The number of hydrogen-bond donors (Lipinski definition) is 1. The molecule has 1 aromatic carbocycles. The maximum absolute atomic E-state index is 12.8. The van der Waals surface area contributed by atoms with Gasteiger partial charge in [0.2, 0.25) is 0 Å². The van der Waals surface area contributed by atoms with E-state index in [1.807, 2.05) is 18.2 Å². The quantitative estimate of drug-likeness (QED) is 0.579. The molecule has 4 rings (SSSR count). The number of aromatic amines is 1. The third-order valence-electron chi connectivity index (χ3n) is 3.53. The first-order valence-electron chi connectivity index (χ1n) is 6.51. The Morgan fingerprint density at radius 2 is 1.86 bits per heavy atom.